The summed E-state index contributed by atoms with van der Waals surface area (Å²) in [6, 6.07) is 11.5. The Morgan fingerprint density at radius 1 is 0.964 bits per heavy atom. The van der Waals surface area contributed by atoms with Crippen molar-refractivity contribution in [1.82, 2.24) is 15.0 Å². The van der Waals surface area contributed by atoms with Crippen molar-refractivity contribution in [3.05, 3.63) is 68.0 Å². The number of H-pyrrole nitrogens is 2. The van der Waals surface area contributed by atoms with Crippen LogP contribution in [0, 0.1) is 4.77 Å². The monoisotopic (exact) mass is 419 g/mol. The van der Waals surface area contributed by atoms with Crippen molar-refractivity contribution in [2.24, 2.45) is 0 Å². The van der Waals surface area contributed by atoms with E-state index in [1.54, 1.807) is 11.3 Å². The largest absolute Gasteiger partial charge is 0.330 e. The van der Waals surface area contributed by atoms with Gasteiger partial charge in [0.2, 0.25) is 0 Å². The van der Waals surface area contributed by atoms with Crippen molar-refractivity contribution >= 4 is 61.1 Å². The summed E-state index contributed by atoms with van der Waals surface area (Å²) < 4.78 is 0.780. The summed E-state index contributed by atoms with van der Waals surface area (Å²) in [4.78, 5) is 38.0. The number of carbonyl (C=O) groups excluding carboxylic acids is 1. The smallest absolute Gasteiger partial charge is 0.269 e. The first kappa shape index (κ1) is 16.1. The van der Waals surface area contributed by atoms with E-state index in [0.29, 0.717) is 31.9 Å². The number of carbonyl (C=O) groups is 1. The molecule has 0 fully saturated rings. The molecule has 1 aliphatic carbocycles. The molecule has 4 aromatic heterocycles. The lowest BCUT2D eigenvalue weighted by atomic mass is 10.00. The van der Waals surface area contributed by atoms with E-state index in [1.165, 1.54) is 11.3 Å². The van der Waals surface area contributed by atoms with Crippen molar-refractivity contribution < 1.29 is 4.79 Å². The van der Waals surface area contributed by atoms with Crippen LogP contribution in [0.2, 0.25) is 0 Å². The molecule has 0 radical (unpaired) electrons. The number of aromatic nitrogens is 3. The molecule has 134 valence electrons. The highest BCUT2D eigenvalue weighted by Gasteiger charge is 2.34. The van der Waals surface area contributed by atoms with Crippen molar-refractivity contribution in [2.75, 3.05) is 0 Å². The number of nitrogens with one attached hydrogen (secondary N) is 2. The van der Waals surface area contributed by atoms with Gasteiger partial charge in [-0.25, -0.2) is 4.98 Å². The first-order valence-corrected chi connectivity index (χ1v) is 10.5. The highest BCUT2D eigenvalue weighted by molar-refractivity contribution is 7.71. The van der Waals surface area contributed by atoms with Crippen LogP contribution in [0.15, 0.2) is 46.6 Å². The van der Waals surface area contributed by atoms with Gasteiger partial charge in [0.1, 0.15) is 9.53 Å². The normalized spacial score (nSPS) is 12.6. The van der Waals surface area contributed by atoms with Crippen LogP contribution in [0.4, 0.5) is 0 Å². The van der Waals surface area contributed by atoms with Crippen LogP contribution in [0.25, 0.3) is 42.1 Å². The van der Waals surface area contributed by atoms with Gasteiger partial charge < -0.3 is 4.98 Å². The van der Waals surface area contributed by atoms with E-state index in [9.17, 15) is 9.59 Å². The molecular weight excluding hydrogens is 410 g/mol. The maximum Gasteiger partial charge on any atom is 0.269 e. The minimum Gasteiger partial charge on any atom is -0.330 e. The summed E-state index contributed by atoms with van der Waals surface area (Å²) in [5, 5.41) is 2.75. The van der Waals surface area contributed by atoms with Crippen molar-refractivity contribution in [2.45, 2.75) is 0 Å². The fourth-order valence-corrected chi connectivity index (χ4v) is 5.83. The summed E-state index contributed by atoms with van der Waals surface area (Å²) >= 11 is 8.06. The maximum atomic E-state index is 13.3. The maximum absolute atomic E-state index is 13.3. The highest BCUT2D eigenvalue weighted by atomic mass is 32.1. The quantitative estimate of drug-likeness (QED) is 0.362. The van der Waals surface area contributed by atoms with Crippen LogP contribution in [0.5, 0.6) is 0 Å². The molecule has 2 N–H and O–H groups in total. The minimum absolute atomic E-state index is 0.0359. The van der Waals surface area contributed by atoms with E-state index < -0.39 is 0 Å². The molecule has 0 bridgehead atoms. The van der Waals surface area contributed by atoms with Crippen molar-refractivity contribution in [3.63, 3.8) is 0 Å². The van der Waals surface area contributed by atoms with E-state index in [-0.39, 0.29) is 16.1 Å². The van der Waals surface area contributed by atoms with Gasteiger partial charge >= 0.3 is 0 Å². The molecular formula is C20H9N3O2S3. The van der Waals surface area contributed by atoms with Gasteiger partial charge in [-0.15, -0.1) is 22.7 Å². The molecule has 5 aromatic rings. The molecule has 4 heterocycles. The van der Waals surface area contributed by atoms with Gasteiger partial charge in [0.25, 0.3) is 5.56 Å². The topological polar surface area (TPSA) is 78.6 Å². The zero-order valence-electron chi connectivity index (χ0n) is 14.0. The molecule has 0 atom stereocenters. The minimum atomic E-state index is -0.245. The number of thiophene rings is 2. The van der Waals surface area contributed by atoms with Gasteiger partial charge in [-0.05, 0) is 23.7 Å². The summed E-state index contributed by atoms with van der Waals surface area (Å²) in [5.41, 5.74) is 3.98. The molecule has 5 nitrogen and oxygen atoms in total. The number of aromatic amines is 2. The molecule has 0 amide bonds. The molecule has 28 heavy (non-hydrogen) atoms. The van der Waals surface area contributed by atoms with Gasteiger partial charge in [0.05, 0.1) is 16.8 Å². The third-order valence-electron chi connectivity index (χ3n) is 4.93. The van der Waals surface area contributed by atoms with Crippen LogP contribution in [0.1, 0.15) is 15.9 Å². The van der Waals surface area contributed by atoms with E-state index in [2.05, 4.69) is 9.97 Å². The Morgan fingerprint density at radius 3 is 2.57 bits per heavy atom. The van der Waals surface area contributed by atoms with Crippen LogP contribution in [-0.2, 0) is 0 Å². The van der Waals surface area contributed by atoms with Crippen molar-refractivity contribution in [1.29, 1.82) is 0 Å². The number of pyridine rings is 1. The van der Waals surface area contributed by atoms with Crippen LogP contribution < -0.4 is 5.56 Å². The summed E-state index contributed by atoms with van der Waals surface area (Å²) in [6.07, 6.45) is 0. The van der Waals surface area contributed by atoms with Crippen molar-refractivity contribution in [3.8, 4) is 21.7 Å². The third kappa shape index (κ3) is 1.99. The predicted octanol–water partition coefficient (Wildman–Crippen LogP) is 5.14. The molecule has 6 rings (SSSR count). The second-order valence-electron chi connectivity index (χ2n) is 6.46. The lowest BCUT2D eigenvalue weighted by Gasteiger charge is -2.08. The second-order valence-corrected chi connectivity index (χ2v) is 8.81. The predicted molar refractivity (Wildman–Crippen MR) is 115 cm³/mol. The summed E-state index contributed by atoms with van der Waals surface area (Å²) in [5.74, 6) is -0.0359. The molecule has 0 saturated carbocycles. The number of rotatable bonds is 1. The Bertz CT molecular complexity index is 1570. The summed E-state index contributed by atoms with van der Waals surface area (Å²) in [6.45, 7) is 0. The number of benzene rings is 1. The molecule has 0 saturated heterocycles. The third-order valence-corrected chi connectivity index (χ3v) is 7.11. The highest BCUT2D eigenvalue weighted by Crippen LogP contribution is 2.47. The molecule has 1 aromatic carbocycles. The average Bonchev–Trinajstić information content (AvgIpc) is 3.39. The lowest BCUT2D eigenvalue weighted by Crippen LogP contribution is -2.05. The number of hydrogen-bond donors (Lipinski definition) is 2. The van der Waals surface area contributed by atoms with Gasteiger partial charge in [-0.2, -0.15) is 0 Å². The summed E-state index contributed by atoms with van der Waals surface area (Å²) in [7, 11) is 0. The Hall–Kier alpha value is -2.94. The number of hydrogen-bond acceptors (Lipinski definition) is 6. The Morgan fingerprint density at radius 2 is 1.79 bits per heavy atom. The fraction of sp³-hybridized carbons (Fsp3) is 0. The van der Waals surface area contributed by atoms with Crippen LogP contribution >= 0.6 is 34.9 Å². The Kier molecular flexibility index (Phi) is 3.18. The Balaban J connectivity index is 1.90. The number of ketones is 1. The first-order chi connectivity index (χ1) is 13.6. The van der Waals surface area contributed by atoms with Crippen LogP contribution in [0.3, 0.4) is 0 Å². The number of nitrogens with zero attached hydrogens (tertiary/aromatic N) is 1. The van der Waals surface area contributed by atoms with E-state index >= 15 is 0 Å². The average molecular weight is 420 g/mol. The van der Waals surface area contributed by atoms with Crippen LogP contribution in [-0.4, -0.2) is 20.7 Å². The number of fused-ring (bicyclic) bond motifs is 6. The standard InChI is InChI=1S/C20H9N3O2S3/c24-16-9-5-2-1-4-8(9)14-12(16)11(10-6-3-7-27-10)13-15-17(28-19(13)21-14)18(25)23-20(26)22-15/h1-7H,(H2,22,23,25,26). The molecule has 0 spiro atoms. The molecule has 0 aliphatic heterocycles. The Labute approximate surface area is 170 Å². The van der Waals surface area contributed by atoms with Gasteiger partial charge in [-0.1, -0.05) is 30.3 Å². The molecule has 8 heteroatoms. The SMILES string of the molecule is O=C1c2ccccc2-c2nc3sc4c(=O)[nH]c(=S)[nH]c4c3c(-c3cccs3)c21. The van der Waals surface area contributed by atoms with Gasteiger partial charge in [-0.3, -0.25) is 14.6 Å². The van der Waals surface area contributed by atoms with Gasteiger partial charge in [0.15, 0.2) is 10.6 Å². The zero-order chi connectivity index (χ0) is 19.0. The fourth-order valence-electron chi connectivity index (χ4n) is 3.82. The molecule has 0 unspecified atom stereocenters. The second kappa shape index (κ2) is 5.54. The first-order valence-electron chi connectivity index (χ1n) is 8.44. The molecule has 1 aliphatic rings. The lowest BCUT2D eigenvalue weighted by molar-refractivity contribution is 0.104. The van der Waals surface area contributed by atoms with E-state index in [0.717, 1.165) is 21.4 Å². The van der Waals surface area contributed by atoms with E-state index in [1.807, 2.05) is 41.8 Å². The van der Waals surface area contributed by atoms with Gasteiger partial charge in [0, 0.05) is 27.0 Å². The zero-order valence-corrected chi connectivity index (χ0v) is 16.5. The van der Waals surface area contributed by atoms with E-state index in [4.69, 9.17) is 17.2 Å².